The highest BCUT2D eigenvalue weighted by Gasteiger charge is 2.20. The van der Waals surface area contributed by atoms with Crippen LogP contribution in [0, 0.1) is 16.0 Å². The van der Waals surface area contributed by atoms with Gasteiger partial charge in [-0.1, -0.05) is 49.9 Å². The van der Waals surface area contributed by atoms with Crippen molar-refractivity contribution in [3.63, 3.8) is 0 Å². The highest BCUT2D eigenvalue weighted by Crippen LogP contribution is 2.34. The molecule has 1 heterocycles. The van der Waals surface area contributed by atoms with E-state index in [2.05, 4.69) is 42.5 Å². The second-order valence-electron chi connectivity index (χ2n) is 7.19. The number of nitrogens with one attached hydrogen (secondary N) is 1. The lowest BCUT2D eigenvalue weighted by Gasteiger charge is -2.20. The fourth-order valence-corrected chi connectivity index (χ4v) is 5.08. The number of para-hydroxylation sites is 1. The summed E-state index contributed by atoms with van der Waals surface area (Å²) in [7, 11) is 0. The molecule has 1 aromatic heterocycles. The molecular formula is C23H21N3O2S2. The van der Waals surface area contributed by atoms with Crippen LogP contribution in [-0.2, 0) is 0 Å². The SMILES string of the molecule is C=C1C=C(CC(NSc2cccc([N+](=O)[O-])c2)c2nc3ccccc3s2)C=CC1C. The van der Waals surface area contributed by atoms with E-state index in [1.165, 1.54) is 23.6 Å². The molecule has 5 nitrogen and oxygen atoms in total. The van der Waals surface area contributed by atoms with E-state index in [0.717, 1.165) is 32.1 Å². The van der Waals surface area contributed by atoms with Crippen molar-refractivity contribution in [2.75, 3.05) is 0 Å². The van der Waals surface area contributed by atoms with Crippen molar-refractivity contribution in [2.45, 2.75) is 24.3 Å². The third-order valence-electron chi connectivity index (χ3n) is 4.95. The number of rotatable bonds is 7. The van der Waals surface area contributed by atoms with Crippen LogP contribution in [0.4, 0.5) is 5.69 Å². The van der Waals surface area contributed by atoms with Crippen LogP contribution in [0.5, 0.6) is 0 Å². The molecule has 2 atom stereocenters. The Labute approximate surface area is 183 Å². The Morgan fingerprint density at radius 3 is 2.90 bits per heavy atom. The zero-order valence-corrected chi connectivity index (χ0v) is 18.1. The monoisotopic (exact) mass is 435 g/mol. The van der Waals surface area contributed by atoms with E-state index in [4.69, 9.17) is 4.98 Å². The molecule has 1 aliphatic carbocycles. The fourth-order valence-electron chi connectivity index (χ4n) is 3.19. The molecule has 0 amide bonds. The van der Waals surface area contributed by atoms with Gasteiger partial charge in [0.25, 0.3) is 5.69 Å². The third kappa shape index (κ3) is 4.70. The Morgan fingerprint density at radius 2 is 2.13 bits per heavy atom. The van der Waals surface area contributed by atoms with Gasteiger partial charge in [0.05, 0.1) is 21.2 Å². The van der Waals surface area contributed by atoms with Crippen LogP contribution in [0.1, 0.15) is 24.4 Å². The Morgan fingerprint density at radius 1 is 1.30 bits per heavy atom. The maximum absolute atomic E-state index is 11.1. The average Bonchev–Trinajstić information content (AvgIpc) is 3.18. The van der Waals surface area contributed by atoms with E-state index >= 15 is 0 Å². The number of hydrogen-bond acceptors (Lipinski definition) is 6. The van der Waals surface area contributed by atoms with E-state index in [1.807, 2.05) is 24.3 Å². The number of aromatic nitrogens is 1. The van der Waals surface area contributed by atoms with Gasteiger partial charge in [0.15, 0.2) is 0 Å². The zero-order chi connectivity index (χ0) is 21.1. The molecule has 152 valence electrons. The standard InChI is InChI=1S/C23H21N3O2S2/c1-15-10-11-17(12-16(15)2)13-21(23-24-20-8-3-4-9-22(20)29-23)25-30-19-7-5-6-18(14-19)26(27)28/h3-12,14-15,21,25H,2,13H2,1H3. The minimum absolute atomic E-state index is 0.0382. The smallest absolute Gasteiger partial charge is 0.258 e. The highest BCUT2D eigenvalue weighted by atomic mass is 32.2. The predicted octanol–water partition coefficient (Wildman–Crippen LogP) is 6.62. The molecule has 0 bridgehead atoms. The zero-order valence-electron chi connectivity index (χ0n) is 16.4. The highest BCUT2D eigenvalue weighted by molar-refractivity contribution is 7.97. The number of nitro benzene ring substituents is 1. The largest absolute Gasteiger partial charge is 0.270 e. The molecule has 0 saturated heterocycles. The van der Waals surface area contributed by atoms with Crippen molar-refractivity contribution in [3.05, 3.63) is 99.6 Å². The molecule has 30 heavy (non-hydrogen) atoms. The summed E-state index contributed by atoms with van der Waals surface area (Å²) in [5, 5.41) is 12.1. The molecule has 1 aliphatic rings. The average molecular weight is 436 g/mol. The lowest BCUT2D eigenvalue weighted by Crippen LogP contribution is -2.15. The minimum atomic E-state index is -0.375. The topological polar surface area (TPSA) is 68.1 Å². The van der Waals surface area contributed by atoms with Crippen molar-refractivity contribution < 1.29 is 4.92 Å². The van der Waals surface area contributed by atoms with Crippen molar-refractivity contribution in [1.29, 1.82) is 0 Å². The van der Waals surface area contributed by atoms with Crippen LogP contribution in [0.3, 0.4) is 0 Å². The van der Waals surface area contributed by atoms with Crippen LogP contribution in [-0.4, -0.2) is 9.91 Å². The van der Waals surface area contributed by atoms with Gasteiger partial charge in [-0.25, -0.2) is 9.71 Å². The quantitative estimate of drug-likeness (QED) is 0.256. The summed E-state index contributed by atoms with van der Waals surface area (Å²) in [5.74, 6) is 0.349. The predicted molar refractivity (Wildman–Crippen MR) is 125 cm³/mol. The Kier molecular flexibility index (Phi) is 6.13. The van der Waals surface area contributed by atoms with Crippen LogP contribution in [0.2, 0.25) is 0 Å². The van der Waals surface area contributed by atoms with E-state index < -0.39 is 0 Å². The first-order valence-electron chi connectivity index (χ1n) is 9.59. The number of nitrogens with zero attached hydrogens (tertiary/aromatic N) is 2. The van der Waals surface area contributed by atoms with Crippen molar-refractivity contribution in [2.24, 2.45) is 5.92 Å². The van der Waals surface area contributed by atoms with E-state index in [9.17, 15) is 10.1 Å². The molecule has 0 aliphatic heterocycles. The molecule has 1 N–H and O–H groups in total. The van der Waals surface area contributed by atoms with Gasteiger partial charge in [0.1, 0.15) is 5.01 Å². The molecule has 0 saturated carbocycles. The summed E-state index contributed by atoms with van der Waals surface area (Å²) < 4.78 is 4.63. The number of hydrogen-bond donors (Lipinski definition) is 1. The fraction of sp³-hybridized carbons (Fsp3) is 0.174. The molecule has 7 heteroatoms. The lowest BCUT2D eigenvalue weighted by molar-refractivity contribution is -0.385. The molecule has 0 radical (unpaired) electrons. The van der Waals surface area contributed by atoms with Crippen LogP contribution >= 0.6 is 23.3 Å². The summed E-state index contributed by atoms with van der Waals surface area (Å²) in [6.45, 7) is 6.28. The van der Waals surface area contributed by atoms with E-state index in [0.29, 0.717) is 5.92 Å². The molecule has 0 fully saturated rings. The maximum atomic E-state index is 11.1. The number of non-ortho nitro benzene ring substituents is 1. The Hall–Kier alpha value is -2.74. The molecule has 4 rings (SSSR count). The summed E-state index contributed by atoms with van der Waals surface area (Å²) >= 11 is 3.06. The summed E-state index contributed by atoms with van der Waals surface area (Å²) in [6, 6.07) is 14.7. The Balaban J connectivity index is 1.59. The summed E-state index contributed by atoms with van der Waals surface area (Å²) in [4.78, 5) is 16.3. The van der Waals surface area contributed by atoms with Crippen molar-refractivity contribution in [1.82, 2.24) is 9.71 Å². The van der Waals surface area contributed by atoms with E-state index in [1.54, 1.807) is 23.5 Å². The van der Waals surface area contributed by atoms with Gasteiger partial charge >= 0.3 is 0 Å². The lowest BCUT2D eigenvalue weighted by atomic mass is 9.91. The van der Waals surface area contributed by atoms with Crippen LogP contribution in [0.15, 0.2) is 89.4 Å². The second kappa shape index (κ2) is 8.95. The number of nitro groups is 1. The first-order chi connectivity index (χ1) is 14.5. The van der Waals surface area contributed by atoms with Gasteiger partial charge in [-0.3, -0.25) is 10.1 Å². The number of benzene rings is 2. The number of fused-ring (bicyclic) bond motifs is 1. The second-order valence-corrected chi connectivity index (χ2v) is 9.17. The van der Waals surface area contributed by atoms with Gasteiger partial charge in [-0.2, -0.15) is 0 Å². The van der Waals surface area contributed by atoms with Gasteiger partial charge < -0.3 is 0 Å². The molecule has 0 spiro atoms. The summed E-state index contributed by atoms with van der Waals surface area (Å²) in [6.07, 6.45) is 7.22. The third-order valence-corrected chi connectivity index (χ3v) is 6.99. The summed E-state index contributed by atoms with van der Waals surface area (Å²) in [5.41, 5.74) is 3.36. The molecule has 2 unspecified atom stereocenters. The first kappa shape index (κ1) is 20.5. The Bertz CT molecular complexity index is 1130. The van der Waals surface area contributed by atoms with Crippen molar-refractivity contribution >= 4 is 39.2 Å². The van der Waals surface area contributed by atoms with Crippen molar-refractivity contribution in [3.8, 4) is 0 Å². The molecule has 3 aromatic rings. The normalized spacial score (nSPS) is 17.2. The van der Waals surface area contributed by atoms with Crippen LogP contribution in [0.25, 0.3) is 10.2 Å². The molecular weight excluding hydrogens is 414 g/mol. The molecule has 2 aromatic carbocycles. The van der Waals surface area contributed by atoms with Gasteiger partial charge in [-0.05, 0) is 53.6 Å². The van der Waals surface area contributed by atoms with Crippen LogP contribution < -0.4 is 4.72 Å². The maximum Gasteiger partial charge on any atom is 0.270 e. The number of allylic oxidation sites excluding steroid dienone is 4. The number of thiazole rings is 1. The minimum Gasteiger partial charge on any atom is -0.258 e. The van der Waals surface area contributed by atoms with Gasteiger partial charge in [-0.15, -0.1) is 11.3 Å². The van der Waals surface area contributed by atoms with Gasteiger partial charge in [0, 0.05) is 17.0 Å². The first-order valence-corrected chi connectivity index (χ1v) is 11.2. The van der Waals surface area contributed by atoms with Gasteiger partial charge in [0.2, 0.25) is 0 Å². The van der Waals surface area contributed by atoms with E-state index in [-0.39, 0.29) is 16.7 Å².